The summed E-state index contributed by atoms with van der Waals surface area (Å²) in [6, 6.07) is 12.6. The van der Waals surface area contributed by atoms with Gasteiger partial charge in [0.15, 0.2) is 11.5 Å². The Bertz CT molecular complexity index is 1070. The van der Waals surface area contributed by atoms with Crippen LogP contribution in [0, 0.1) is 6.92 Å². The van der Waals surface area contributed by atoms with E-state index >= 15 is 0 Å². The third kappa shape index (κ3) is 3.59. The van der Waals surface area contributed by atoms with Crippen molar-refractivity contribution in [3.8, 4) is 0 Å². The first-order chi connectivity index (χ1) is 14.1. The molecule has 7 heteroatoms. The molecule has 4 rings (SSSR count). The lowest BCUT2D eigenvalue weighted by Gasteiger charge is -2.16. The van der Waals surface area contributed by atoms with Crippen LogP contribution in [0.25, 0.3) is 0 Å². The molecule has 1 aromatic carbocycles. The Hall–Kier alpha value is -3.61. The van der Waals surface area contributed by atoms with Gasteiger partial charge in [0.2, 0.25) is 0 Å². The Morgan fingerprint density at radius 2 is 1.90 bits per heavy atom. The molecule has 0 fully saturated rings. The van der Waals surface area contributed by atoms with E-state index < -0.39 is 5.91 Å². The van der Waals surface area contributed by atoms with E-state index in [4.69, 9.17) is 8.83 Å². The molecule has 0 spiro atoms. The van der Waals surface area contributed by atoms with Gasteiger partial charge in [0, 0.05) is 30.3 Å². The second kappa shape index (κ2) is 7.79. The molecule has 0 bridgehead atoms. The number of carbonyl (C=O) groups excluding carboxylic acids is 2. The molecular weight excluding hydrogens is 370 g/mol. The largest absolute Gasteiger partial charge is 0.459 e. The first kappa shape index (κ1) is 18.7. The van der Waals surface area contributed by atoms with E-state index in [1.54, 1.807) is 24.1 Å². The van der Waals surface area contributed by atoms with Crippen LogP contribution in [0.1, 0.15) is 50.8 Å². The van der Waals surface area contributed by atoms with Crippen molar-refractivity contribution < 1.29 is 18.4 Å². The predicted molar refractivity (Wildman–Crippen MR) is 108 cm³/mol. The summed E-state index contributed by atoms with van der Waals surface area (Å²) in [6.07, 6.45) is 3.68. The summed E-state index contributed by atoms with van der Waals surface area (Å²) in [4.78, 5) is 26.7. The molecule has 1 N–H and O–H groups in total. The van der Waals surface area contributed by atoms with Crippen molar-refractivity contribution >= 4 is 23.2 Å². The number of hydrazone groups is 1. The van der Waals surface area contributed by atoms with Crippen LogP contribution in [0.2, 0.25) is 0 Å². The zero-order valence-corrected chi connectivity index (χ0v) is 16.3. The summed E-state index contributed by atoms with van der Waals surface area (Å²) in [5.74, 6) is 0.575. The molecule has 0 aliphatic heterocycles. The Labute approximate surface area is 168 Å². The molecule has 3 aromatic rings. The van der Waals surface area contributed by atoms with Crippen LogP contribution >= 0.6 is 0 Å². The predicted octanol–water partition coefficient (Wildman–Crippen LogP) is 3.93. The van der Waals surface area contributed by atoms with Gasteiger partial charge < -0.3 is 13.7 Å². The van der Waals surface area contributed by atoms with Crippen LogP contribution in [0.3, 0.4) is 0 Å². The average Bonchev–Trinajstić information content (AvgIpc) is 3.40. The lowest BCUT2D eigenvalue weighted by atomic mass is 9.93. The molecule has 0 saturated carbocycles. The third-order valence-electron chi connectivity index (χ3n) is 5.01. The number of aryl methyl sites for hydroxylation is 1. The SMILES string of the molecule is Cc1c(C(=O)N(C)c2ccccc2)oc2c1/C(=N/NC(=O)c1ccco1)CCC2. The van der Waals surface area contributed by atoms with E-state index in [1.807, 2.05) is 37.3 Å². The van der Waals surface area contributed by atoms with Crippen molar-refractivity contribution in [1.29, 1.82) is 0 Å². The highest BCUT2D eigenvalue weighted by atomic mass is 16.4. The van der Waals surface area contributed by atoms with Crippen LogP contribution in [-0.4, -0.2) is 24.6 Å². The molecule has 7 nitrogen and oxygen atoms in total. The van der Waals surface area contributed by atoms with Crippen molar-refractivity contribution in [3.05, 3.63) is 77.1 Å². The first-order valence-electron chi connectivity index (χ1n) is 9.42. The third-order valence-corrected chi connectivity index (χ3v) is 5.01. The topological polar surface area (TPSA) is 88.0 Å². The van der Waals surface area contributed by atoms with Crippen LogP contribution < -0.4 is 10.3 Å². The minimum Gasteiger partial charge on any atom is -0.459 e. The monoisotopic (exact) mass is 391 g/mol. The maximum atomic E-state index is 13.0. The molecular formula is C22H21N3O4. The maximum Gasteiger partial charge on any atom is 0.307 e. The first-order valence-corrected chi connectivity index (χ1v) is 9.42. The van der Waals surface area contributed by atoms with E-state index in [0.717, 1.165) is 35.4 Å². The number of hydrogen-bond acceptors (Lipinski definition) is 5. The zero-order valence-electron chi connectivity index (χ0n) is 16.3. The lowest BCUT2D eigenvalue weighted by molar-refractivity contribution is 0.0926. The number of rotatable bonds is 4. The second-order valence-corrected chi connectivity index (χ2v) is 6.88. The number of amides is 2. The van der Waals surface area contributed by atoms with E-state index in [9.17, 15) is 9.59 Å². The van der Waals surface area contributed by atoms with Gasteiger partial charge in [0.05, 0.1) is 12.0 Å². The number of hydrogen-bond donors (Lipinski definition) is 1. The Balaban J connectivity index is 1.61. The highest BCUT2D eigenvalue weighted by molar-refractivity contribution is 6.10. The summed E-state index contributed by atoms with van der Waals surface area (Å²) >= 11 is 0. The molecule has 2 amide bonds. The fourth-order valence-corrected chi connectivity index (χ4v) is 3.49. The Morgan fingerprint density at radius 1 is 1.10 bits per heavy atom. The van der Waals surface area contributed by atoms with Gasteiger partial charge >= 0.3 is 5.91 Å². The number of para-hydroxylation sites is 1. The molecule has 0 radical (unpaired) electrons. The minimum absolute atomic E-state index is 0.189. The maximum absolute atomic E-state index is 13.0. The standard InChI is InChI=1S/C22H21N3O4/c1-14-19-16(23-24-21(26)18-12-7-13-28-18)10-6-11-17(19)29-20(14)22(27)25(2)15-8-4-3-5-9-15/h3-5,7-9,12-13H,6,10-11H2,1-2H3,(H,24,26)/b23-16+. The van der Waals surface area contributed by atoms with Crippen LogP contribution in [0.4, 0.5) is 5.69 Å². The van der Waals surface area contributed by atoms with Crippen molar-refractivity contribution in [2.75, 3.05) is 11.9 Å². The minimum atomic E-state index is -0.420. The van der Waals surface area contributed by atoms with Gasteiger partial charge in [-0.1, -0.05) is 18.2 Å². The highest BCUT2D eigenvalue weighted by Crippen LogP contribution is 2.31. The summed E-state index contributed by atoms with van der Waals surface area (Å²) in [5, 5.41) is 4.29. The summed E-state index contributed by atoms with van der Waals surface area (Å²) < 4.78 is 11.0. The van der Waals surface area contributed by atoms with E-state index in [1.165, 1.54) is 6.26 Å². The van der Waals surface area contributed by atoms with Crippen molar-refractivity contribution in [2.24, 2.45) is 5.10 Å². The van der Waals surface area contributed by atoms with Gasteiger partial charge in [-0.25, -0.2) is 5.43 Å². The number of carbonyl (C=O) groups is 2. The molecule has 0 unspecified atom stereocenters. The quantitative estimate of drug-likeness (QED) is 0.683. The highest BCUT2D eigenvalue weighted by Gasteiger charge is 2.29. The molecule has 29 heavy (non-hydrogen) atoms. The number of fused-ring (bicyclic) bond motifs is 1. The molecule has 1 aliphatic rings. The summed E-state index contributed by atoms with van der Waals surface area (Å²) in [6.45, 7) is 1.85. The smallest absolute Gasteiger partial charge is 0.307 e. The molecule has 148 valence electrons. The van der Waals surface area contributed by atoms with E-state index in [0.29, 0.717) is 17.9 Å². The fourth-order valence-electron chi connectivity index (χ4n) is 3.49. The summed E-state index contributed by atoms with van der Waals surface area (Å²) in [7, 11) is 1.72. The number of anilines is 1. The lowest BCUT2D eigenvalue weighted by Crippen LogP contribution is -2.26. The van der Waals surface area contributed by atoms with E-state index in [2.05, 4.69) is 10.5 Å². The van der Waals surface area contributed by atoms with Gasteiger partial charge in [-0.2, -0.15) is 5.10 Å². The van der Waals surface area contributed by atoms with Gasteiger partial charge in [0.25, 0.3) is 5.91 Å². The number of nitrogens with one attached hydrogen (secondary N) is 1. The van der Waals surface area contributed by atoms with Crippen LogP contribution in [-0.2, 0) is 6.42 Å². The van der Waals surface area contributed by atoms with E-state index in [-0.39, 0.29) is 11.7 Å². The van der Waals surface area contributed by atoms with Gasteiger partial charge in [-0.15, -0.1) is 0 Å². The Morgan fingerprint density at radius 3 is 2.62 bits per heavy atom. The number of benzene rings is 1. The van der Waals surface area contributed by atoms with Crippen molar-refractivity contribution in [3.63, 3.8) is 0 Å². The molecule has 0 saturated heterocycles. The van der Waals surface area contributed by atoms with Gasteiger partial charge in [-0.3, -0.25) is 9.59 Å². The molecule has 2 heterocycles. The average molecular weight is 391 g/mol. The zero-order chi connectivity index (χ0) is 20.4. The van der Waals surface area contributed by atoms with Gasteiger partial charge in [0.1, 0.15) is 5.76 Å². The van der Waals surface area contributed by atoms with Crippen molar-refractivity contribution in [2.45, 2.75) is 26.2 Å². The van der Waals surface area contributed by atoms with Gasteiger partial charge in [-0.05, 0) is 44.0 Å². The number of furan rings is 2. The second-order valence-electron chi connectivity index (χ2n) is 6.88. The molecule has 0 atom stereocenters. The number of nitrogens with zero attached hydrogens (tertiary/aromatic N) is 2. The fraction of sp³-hybridized carbons (Fsp3) is 0.227. The van der Waals surface area contributed by atoms with Crippen LogP contribution in [0.15, 0.2) is 62.7 Å². The Kier molecular flexibility index (Phi) is 5.03. The summed E-state index contributed by atoms with van der Waals surface area (Å²) in [5.41, 5.74) is 5.56. The molecule has 1 aliphatic carbocycles. The normalized spacial score (nSPS) is 14.5. The van der Waals surface area contributed by atoms with Crippen molar-refractivity contribution in [1.82, 2.24) is 5.43 Å². The molecule has 2 aromatic heterocycles. The van der Waals surface area contributed by atoms with Crippen LogP contribution in [0.5, 0.6) is 0 Å².